The molecule has 4 rings (SSSR count). The van der Waals surface area contributed by atoms with Crippen molar-refractivity contribution < 1.29 is 14.4 Å². The minimum Gasteiger partial charge on any atom is -0.364 e. The summed E-state index contributed by atoms with van der Waals surface area (Å²) in [7, 11) is 0. The van der Waals surface area contributed by atoms with E-state index < -0.39 is 5.91 Å². The highest BCUT2D eigenvalue weighted by atomic mass is 16.2. The number of primary amides is 1. The van der Waals surface area contributed by atoms with Gasteiger partial charge >= 0.3 is 0 Å². The molecule has 1 atom stereocenters. The van der Waals surface area contributed by atoms with E-state index in [0.29, 0.717) is 47.1 Å². The average Bonchev–Trinajstić information content (AvgIpc) is 3.20. The fourth-order valence-corrected chi connectivity index (χ4v) is 4.42. The lowest BCUT2D eigenvalue weighted by atomic mass is 10.00. The van der Waals surface area contributed by atoms with E-state index in [1.54, 1.807) is 36.5 Å². The third kappa shape index (κ3) is 4.83. The third-order valence-corrected chi connectivity index (χ3v) is 6.30. The number of likely N-dealkylation sites (tertiary alicyclic amines) is 1. The Morgan fingerprint density at radius 3 is 2.50 bits per heavy atom. The molecule has 1 aliphatic rings. The fourth-order valence-electron chi connectivity index (χ4n) is 4.42. The van der Waals surface area contributed by atoms with E-state index in [0.717, 1.165) is 18.4 Å². The molecule has 36 heavy (non-hydrogen) atoms. The van der Waals surface area contributed by atoms with Crippen LogP contribution in [-0.4, -0.2) is 43.7 Å². The number of ketones is 1. The molecule has 3 heterocycles. The monoisotopic (exact) mass is 487 g/mol. The summed E-state index contributed by atoms with van der Waals surface area (Å²) in [5.41, 5.74) is 8.38. The maximum atomic E-state index is 12.7. The van der Waals surface area contributed by atoms with Gasteiger partial charge in [0.2, 0.25) is 0 Å². The molecule has 1 fully saturated rings. The zero-order valence-electron chi connectivity index (χ0n) is 20.3. The summed E-state index contributed by atoms with van der Waals surface area (Å²) in [4.78, 5) is 47.8. The first-order chi connectivity index (χ1) is 17.2. The van der Waals surface area contributed by atoms with Crippen molar-refractivity contribution in [3.8, 4) is 11.3 Å². The normalized spacial score (nSPS) is 15.4. The standard InChI is InChI=1S/C26H29N7O3/c1-15-11-12-29-21(14-15)30-26(36)19-9-7-18(8-10-19)22-23(24(27)35)33(28)25(31-22)20-6-4-5-13-32(20)16(2)17(3)34/h7-12,14,20H,2,4-6,13,28H2,1,3H3,(H2,27,35)(H,29,30,36)/t20-/m0/s1. The van der Waals surface area contributed by atoms with Gasteiger partial charge in [-0.05, 0) is 56.0 Å². The number of piperidine rings is 1. The first-order valence-electron chi connectivity index (χ1n) is 11.7. The van der Waals surface area contributed by atoms with E-state index in [4.69, 9.17) is 16.6 Å². The number of anilines is 1. The number of carbonyl (C=O) groups excluding carboxylic acids is 3. The zero-order valence-corrected chi connectivity index (χ0v) is 20.3. The third-order valence-electron chi connectivity index (χ3n) is 6.30. The number of nitrogens with one attached hydrogen (secondary N) is 1. The van der Waals surface area contributed by atoms with Crippen LogP contribution in [0.5, 0.6) is 0 Å². The van der Waals surface area contributed by atoms with E-state index in [-0.39, 0.29) is 23.4 Å². The van der Waals surface area contributed by atoms with Gasteiger partial charge in [-0.2, -0.15) is 0 Å². The number of amides is 2. The van der Waals surface area contributed by atoms with Gasteiger partial charge in [-0.1, -0.05) is 18.7 Å². The lowest BCUT2D eigenvalue weighted by Gasteiger charge is -2.37. The molecule has 2 aromatic heterocycles. The number of aromatic nitrogens is 3. The van der Waals surface area contributed by atoms with Gasteiger partial charge in [-0.15, -0.1) is 0 Å². The molecule has 10 nitrogen and oxygen atoms in total. The van der Waals surface area contributed by atoms with Gasteiger partial charge in [0.05, 0.1) is 11.7 Å². The molecule has 186 valence electrons. The largest absolute Gasteiger partial charge is 0.364 e. The zero-order chi connectivity index (χ0) is 26.0. The Kier molecular flexibility index (Phi) is 6.86. The Balaban J connectivity index is 1.66. The van der Waals surface area contributed by atoms with Gasteiger partial charge in [0.15, 0.2) is 17.3 Å². The molecule has 1 aromatic carbocycles. The Morgan fingerprint density at radius 2 is 1.86 bits per heavy atom. The second kappa shape index (κ2) is 10.0. The molecule has 0 spiro atoms. The summed E-state index contributed by atoms with van der Waals surface area (Å²) in [6, 6.07) is 9.92. The van der Waals surface area contributed by atoms with Crippen molar-refractivity contribution >= 4 is 23.4 Å². The summed E-state index contributed by atoms with van der Waals surface area (Å²) >= 11 is 0. The molecule has 1 saturated heterocycles. The highest BCUT2D eigenvalue weighted by Gasteiger charge is 2.33. The van der Waals surface area contributed by atoms with Crippen molar-refractivity contribution in [2.45, 2.75) is 39.2 Å². The highest BCUT2D eigenvalue weighted by molar-refractivity contribution is 6.04. The number of allylic oxidation sites excluding steroid dienone is 1. The van der Waals surface area contributed by atoms with Gasteiger partial charge < -0.3 is 21.8 Å². The van der Waals surface area contributed by atoms with Crippen LogP contribution in [0.15, 0.2) is 54.9 Å². The number of carbonyl (C=O) groups is 3. The highest BCUT2D eigenvalue weighted by Crippen LogP contribution is 2.35. The lowest BCUT2D eigenvalue weighted by molar-refractivity contribution is -0.115. The smallest absolute Gasteiger partial charge is 0.269 e. The van der Waals surface area contributed by atoms with Gasteiger partial charge in [-0.25, -0.2) is 14.6 Å². The van der Waals surface area contributed by atoms with Crippen LogP contribution in [-0.2, 0) is 4.79 Å². The molecule has 0 bridgehead atoms. The second-order valence-electron chi connectivity index (χ2n) is 8.86. The molecule has 1 aliphatic heterocycles. The molecular formula is C26H29N7O3. The number of aryl methyl sites for hydroxylation is 1. The average molecular weight is 488 g/mol. The SMILES string of the molecule is C=C(C(C)=O)N1CCCC[C@H]1c1nc(-c2ccc(C(=O)Nc3cc(C)ccn3)cc2)c(C(N)=O)n1N. The fraction of sp³-hybridized carbons (Fsp3) is 0.269. The summed E-state index contributed by atoms with van der Waals surface area (Å²) < 4.78 is 1.21. The van der Waals surface area contributed by atoms with E-state index in [1.165, 1.54) is 11.6 Å². The summed E-state index contributed by atoms with van der Waals surface area (Å²) in [5.74, 6) is 6.02. The van der Waals surface area contributed by atoms with Crippen LogP contribution in [0.4, 0.5) is 5.82 Å². The molecule has 0 radical (unpaired) electrons. The maximum absolute atomic E-state index is 12.7. The van der Waals surface area contributed by atoms with Crippen LogP contribution < -0.4 is 16.9 Å². The quantitative estimate of drug-likeness (QED) is 0.342. The van der Waals surface area contributed by atoms with E-state index in [9.17, 15) is 14.4 Å². The second-order valence-corrected chi connectivity index (χ2v) is 8.86. The number of hydrogen-bond donors (Lipinski definition) is 3. The molecule has 10 heteroatoms. The van der Waals surface area contributed by atoms with Crippen LogP contribution in [0.2, 0.25) is 0 Å². The predicted molar refractivity (Wildman–Crippen MR) is 136 cm³/mol. The van der Waals surface area contributed by atoms with Crippen molar-refractivity contribution in [2.24, 2.45) is 5.73 Å². The Hall–Kier alpha value is -4.47. The lowest BCUT2D eigenvalue weighted by Crippen LogP contribution is -2.37. The first-order valence-corrected chi connectivity index (χ1v) is 11.7. The van der Waals surface area contributed by atoms with Crippen molar-refractivity contribution in [3.63, 3.8) is 0 Å². The first kappa shape index (κ1) is 24.6. The van der Waals surface area contributed by atoms with E-state index in [2.05, 4.69) is 16.9 Å². The predicted octanol–water partition coefficient (Wildman–Crippen LogP) is 2.95. The number of nitrogens with two attached hydrogens (primary N) is 2. The summed E-state index contributed by atoms with van der Waals surface area (Å²) in [5, 5.41) is 2.76. The van der Waals surface area contributed by atoms with E-state index >= 15 is 0 Å². The molecule has 0 saturated carbocycles. The topological polar surface area (TPSA) is 149 Å². The van der Waals surface area contributed by atoms with Gasteiger partial charge in [0.1, 0.15) is 11.5 Å². The van der Waals surface area contributed by atoms with Crippen LogP contribution in [0, 0.1) is 6.92 Å². The molecule has 3 aromatic rings. The van der Waals surface area contributed by atoms with E-state index in [1.807, 2.05) is 17.9 Å². The summed E-state index contributed by atoms with van der Waals surface area (Å²) in [6.45, 7) is 7.95. The Bertz CT molecular complexity index is 1340. The van der Waals surface area contributed by atoms with Gasteiger partial charge in [0, 0.05) is 30.8 Å². The Morgan fingerprint density at radius 1 is 1.14 bits per heavy atom. The number of nitrogen functional groups attached to an aromatic ring is 1. The molecule has 5 N–H and O–H groups in total. The molecule has 0 aliphatic carbocycles. The number of Topliss-reactive ketones (excluding diaryl/α,β-unsaturated/α-hetero) is 1. The van der Waals surface area contributed by atoms with Crippen molar-refractivity contribution in [3.05, 3.63) is 77.5 Å². The van der Waals surface area contributed by atoms with Gasteiger partial charge in [0.25, 0.3) is 11.8 Å². The van der Waals surface area contributed by atoms with Crippen LogP contribution in [0.3, 0.4) is 0 Å². The Labute approximate surface area is 209 Å². The number of nitrogens with zero attached hydrogens (tertiary/aromatic N) is 4. The minimum atomic E-state index is -0.730. The van der Waals surface area contributed by atoms with Crippen molar-refractivity contribution in [1.29, 1.82) is 0 Å². The van der Waals surface area contributed by atoms with Gasteiger partial charge in [-0.3, -0.25) is 14.4 Å². The molecule has 2 amide bonds. The van der Waals surface area contributed by atoms with Crippen LogP contribution in [0.25, 0.3) is 11.3 Å². The number of imidazole rings is 1. The van der Waals surface area contributed by atoms with Crippen LogP contribution >= 0.6 is 0 Å². The van der Waals surface area contributed by atoms with Crippen molar-refractivity contribution in [1.82, 2.24) is 19.5 Å². The number of hydrogen-bond acceptors (Lipinski definition) is 7. The summed E-state index contributed by atoms with van der Waals surface area (Å²) in [6.07, 6.45) is 4.15. The molecular weight excluding hydrogens is 458 g/mol. The maximum Gasteiger partial charge on any atom is 0.269 e. The minimum absolute atomic E-state index is 0.0464. The molecule has 0 unspecified atom stereocenters. The number of benzene rings is 1. The van der Waals surface area contributed by atoms with Crippen molar-refractivity contribution in [2.75, 3.05) is 17.7 Å². The van der Waals surface area contributed by atoms with Crippen LogP contribution in [0.1, 0.15) is 64.5 Å². The number of rotatable bonds is 7. The number of pyridine rings is 1.